The van der Waals surface area contributed by atoms with E-state index in [1.807, 2.05) is 31.3 Å². The fourth-order valence-corrected chi connectivity index (χ4v) is 3.95. The van der Waals surface area contributed by atoms with E-state index < -0.39 is 5.91 Å². The maximum atomic E-state index is 11.6. The molecule has 0 aliphatic carbocycles. The number of carbonyl (C=O) groups excluding carboxylic acids is 1. The van der Waals surface area contributed by atoms with Crippen LogP contribution in [0.25, 0.3) is 11.3 Å². The largest absolute Gasteiger partial charge is 0.489 e. The van der Waals surface area contributed by atoms with Crippen LogP contribution in [0, 0.1) is 0 Å². The number of aromatic nitrogens is 1. The van der Waals surface area contributed by atoms with E-state index >= 15 is 0 Å². The summed E-state index contributed by atoms with van der Waals surface area (Å²) in [6.07, 6.45) is -0.0000107. The third kappa shape index (κ3) is 4.03. The lowest BCUT2D eigenvalue weighted by Gasteiger charge is -2.15. The number of hydrogen-bond acceptors (Lipinski definition) is 7. The van der Waals surface area contributed by atoms with Gasteiger partial charge in [-0.05, 0) is 49.7 Å². The molecule has 150 valence electrons. The number of amides is 1. The third-order valence-corrected chi connectivity index (χ3v) is 5.37. The molecule has 29 heavy (non-hydrogen) atoms. The van der Waals surface area contributed by atoms with Crippen molar-refractivity contribution in [3.63, 3.8) is 0 Å². The lowest BCUT2D eigenvalue weighted by Crippen LogP contribution is -2.26. The molecule has 8 heteroatoms. The van der Waals surface area contributed by atoms with E-state index in [0.29, 0.717) is 22.1 Å². The van der Waals surface area contributed by atoms with Crippen molar-refractivity contribution in [2.75, 3.05) is 17.4 Å². The van der Waals surface area contributed by atoms with Gasteiger partial charge in [-0.2, -0.15) is 0 Å². The Morgan fingerprint density at radius 2 is 2.14 bits per heavy atom. The number of primary amides is 1. The van der Waals surface area contributed by atoms with Crippen molar-refractivity contribution in [1.29, 1.82) is 0 Å². The Morgan fingerprint density at radius 1 is 1.31 bits per heavy atom. The molecule has 7 nitrogen and oxygen atoms in total. The zero-order valence-corrected chi connectivity index (χ0v) is 17.3. The van der Waals surface area contributed by atoms with Gasteiger partial charge in [-0.3, -0.25) is 4.79 Å². The topological polar surface area (TPSA) is 92.5 Å². The first-order valence-electron chi connectivity index (χ1n) is 9.34. The molecule has 0 saturated carbocycles. The number of ether oxygens (including phenoxy) is 1. The van der Waals surface area contributed by atoms with E-state index in [9.17, 15) is 4.79 Å². The normalized spacial score (nSPS) is 12.9. The van der Waals surface area contributed by atoms with Crippen LogP contribution in [0.2, 0.25) is 0 Å². The van der Waals surface area contributed by atoms with E-state index in [2.05, 4.69) is 28.9 Å². The highest BCUT2D eigenvalue weighted by molar-refractivity contribution is 7.14. The highest BCUT2D eigenvalue weighted by atomic mass is 32.1. The molecule has 3 aromatic rings. The number of fused-ring (bicyclic) bond motifs is 1. The number of hydrazine groups is 1. The first-order chi connectivity index (χ1) is 13.9. The van der Waals surface area contributed by atoms with Crippen LogP contribution in [-0.4, -0.2) is 24.0 Å². The van der Waals surface area contributed by atoms with E-state index in [1.165, 1.54) is 22.6 Å². The zero-order chi connectivity index (χ0) is 20.5. The van der Waals surface area contributed by atoms with Crippen LogP contribution in [0.1, 0.15) is 29.8 Å². The molecular formula is C21H23N5O2S. The van der Waals surface area contributed by atoms with Crippen LogP contribution in [-0.2, 0) is 6.54 Å². The van der Waals surface area contributed by atoms with Gasteiger partial charge in [0.25, 0.3) is 0 Å². The van der Waals surface area contributed by atoms with Crippen LogP contribution >= 0.6 is 11.3 Å². The van der Waals surface area contributed by atoms with Gasteiger partial charge in [-0.25, -0.2) is 10.4 Å². The predicted molar refractivity (Wildman–Crippen MR) is 117 cm³/mol. The van der Waals surface area contributed by atoms with E-state index in [0.717, 1.165) is 17.8 Å². The second-order valence-corrected chi connectivity index (χ2v) is 8.00. The maximum absolute atomic E-state index is 11.6. The van der Waals surface area contributed by atoms with Crippen LogP contribution in [0.4, 0.5) is 16.5 Å². The van der Waals surface area contributed by atoms with Crippen molar-refractivity contribution in [2.24, 2.45) is 5.73 Å². The summed E-state index contributed by atoms with van der Waals surface area (Å²) in [6, 6.07) is 11.4. The Kier molecular flexibility index (Phi) is 5.12. The number of benzene rings is 2. The van der Waals surface area contributed by atoms with Crippen LogP contribution in [0.5, 0.6) is 5.75 Å². The van der Waals surface area contributed by atoms with Gasteiger partial charge in [-0.15, -0.1) is 11.3 Å². The van der Waals surface area contributed by atoms with E-state index in [1.54, 1.807) is 18.2 Å². The smallest absolute Gasteiger partial charge is 0.248 e. The zero-order valence-electron chi connectivity index (χ0n) is 16.5. The number of thiazole rings is 1. The molecule has 0 spiro atoms. The predicted octanol–water partition coefficient (Wildman–Crippen LogP) is 3.89. The molecule has 0 fully saturated rings. The molecule has 1 aliphatic rings. The number of anilines is 3. The molecule has 0 saturated heterocycles. The molecule has 0 radical (unpaired) electrons. The molecule has 4 N–H and O–H groups in total. The van der Waals surface area contributed by atoms with Gasteiger partial charge in [0.05, 0.1) is 23.2 Å². The van der Waals surface area contributed by atoms with E-state index in [4.69, 9.17) is 15.5 Å². The van der Waals surface area contributed by atoms with Gasteiger partial charge >= 0.3 is 0 Å². The molecule has 1 amide bonds. The number of carbonyl (C=O) groups is 1. The first kappa shape index (κ1) is 19.2. The molecule has 1 aliphatic heterocycles. The molecule has 0 unspecified atom stereocenters. The number of nitrogens with two attached hydrogens (primary N) is 1. The number of nitrogens with zero attached hydrogens (tertiary/aromatic N) is 2. The summed E-state index contributed by atoms with van der Waals surface area (Å²) >= 11 is 1.49. The Labute approximate surface area is 173 Å². The van der Waals surface area contributed by atoms with Gasteiger partial charge in [0, 0.05) is 30.1 Å². The number of nitrogens with one attached hydrogen (secondary N) is 2. The van der Waals surface area contributed by atoms with E-state index in [-0.39, 0.29) is 6.10 Å². The Hall–Kier alpha value is -3.10. The Balaban J connectivity index is 1.61. The monoisotopic (exact) mass is 409 g/mol. The summed E-state index contributed by atoms with van der Waals surface area (Å²) < 4.78 is 5.85. The highest BCUT2D eigenvalue weighted by Crippen LogP contribution is 2.34. The molecule has 4 rings (SSSR count). The van der Waals surface area contributed by atoms with Crippen molar-refractivity contribution < 1.29 is 9.53 Å². The SMILES string of the molecule is CC(C)Oc1ccc(C(N)=O)cc1Nc1nc(-c2ccc3c(c2)CNN3C)cs1. The van der Waals surface area contributed by atoms with Crippen LogP contribution in [0.15, 0.2) is 41.8 Å². The third-order valence-electron chi connectivity index (χ3n) is 4.62. The van der Waals surface area contributed by atoms with Crippen molar-refractivity contribution >= 4 is 33.8 Å². The van der Waals surface area contributed by atoms with Crippen molar-refractivity contribution in [1.82, 2.24) is 10.4 Å². The Morgan fingerprint density at radius 3 is 2.90 bits per heavy atom. The van der Waals surface area contributed by atoms with Gasteiger partial charge < -0.3 is 20.8 Å². The average Bonchev–Trinajstić information content (AvgIpc) is 3.29. The molecule has 2 aromatic carbocycles. The second kappa shape index (κ2) is 7.73. The standard InChI is InChI=1S/C21H23N5O2S/c1-12(2)28-19-7-5-14(20(22)27)9-16(19)24-21-25-17(11-29-21)13-4-6-18-15(8-13)10-23-26(18)3/h4-9,11-12,23H,10H2,1-3H3,(H2,22,27)(H,24,25). The van der Waals surface area contributed by atoms with Gasteiger partial charge in [0.2, 0.25) is 5.91 Å². The minimum Gasteiger partial charge on any atom is -0.489 e. The second-order valence-electron chi connectivity index (χ2n) is 7.14. The molecule has 1 aromatic heterocycles. The first-order valence-corrected chi connectivity index (χ1v) is 10.2. The van der Waals surface area contributed by atoms with Gasteiger partial charge in [0.1, 0.15) is 5.75 Å². The van der Waals surface area contributed by atoms with Crippen molar-refractivity contribution in [3.05, 3.63) is 52.9 Å². The summed E-state index contributed by atoms with van der Waals surface area (Å²) in [6.45, 7) is 4.71. The fourth-order valence-electron chi connectivity index (χ4n) is 3.22. The lowest BCUT2D eigenvalue weighted by molar-refractivity contribution is 0.100. The maximum Gasteiger partial charge on any atom is 0.248 e. The summed E-state index contributed by atoms with van der Waals surface area (Å²) in [5, 5.41) is 8.02. The van der Waals surface area contributed by atoms with Crippen molar-refractivity contribution in [3.8, 4) is 17.0 Å². The highest BCUT2D eigenvalue weighted by Gasteiger charge is 2.17. The average molecular weight is 410 g/mol. The number of hydrogen-bond donors (Lipinski definition) is 3. The Bertz CT molecular complexity index is 1060. The minimum absolute atomic E-state index is 0.0000107. The minimum atomic E-state index is -0.485. The fraction of sp³-hybridized carbons (Fsp3) is 0.238. The van der Waals surface area contributed by atoms with Crippen LogP contribution in [0.3, 0.4) is 0 Å². The summed E-state index contributed by atoms with van der Waals surface area (Å²) in [4.78, 5) is 16.3. The number of rotatable bonds is 6. The summed E-state index contributed by atoms with van der Waals surface area (Å²) in [5.41, 5.74) is 14.2. The van der Waals surface area contributed by atoms with Crippen LogP contribution < -0.4 is 26.2 Å². The summed E-state index contributed by atoms with van der Waals surface area (Å²) in [7, 11) is 2.01. The van der Waals surface area contributed by atoms with Crippen molar-refractivity contribution in [2.45, 2.75) is 26.5 Å². The molecule has 0 atom stereocenters. The van der Waals surface area contributed by atoms with Gasteiger partial charge in [-0.1, -0.05) is 6.07 Å². The molecule has 2 heterocycles. The molecular weight excluding hydrogens is 386 g/mol. The molecule has 0 bridgehead atoms. The summed E-state index contributed by atoms with van der Waals surface area (Å²) in [5.74, 6) is 0.161. The van der Waals surface area contributed by atoms with Gasteiger partial charge in [0.15, 0.2) is 5.13 Å². The lowest BCUT2D eigenvalue weighted by atomic mass is 10.1. The quantitative estimate of drug-likeness (QED) is 0.572.